The molecule has 2 aliphatic heterocycles. The molecule has 1 unspecified atom stereocenters. The number of amides is 1. The Kier molecular flexibility index (Phi) is 4.99. The summed E-state index contributed by atoms with van der Waals surface area (Å²) < 4.78 is 0. The number of hydrogen-bond donors (Lipinski definition) is 2. The number of likely N-dealkylation sites (tertiary alicyclic amines) is 1. The van der Waals surface area contributed by atoms with Crippen LogP contribution < -0.4 is 10.6 Å². The van der Waals surface area contributed by atoms with Crippen molar-refractivity contribution in [1.82, 2.24) is 9.88 Å². The predicted octanol–water partition coefficient (Wildman–Crippen LogP) is 3.93. The first-order valence-electron chi connectivity index (χ1n) is 10.6. The van der Waals surface area contributed by atoms with Gasteiger partial charge in [0.1, 0.15) is 11.4 Å². The van der Waals surface area contributed by atoms with E-state index in [9.17, 15) is 4.79 Å². The molecule has 2 aromatic rings. The van der Waals surface area contributed by atoms with E-state index in [-0.39, 0.29) is 11.4 Å². The van der Waals surface area contributed by atoms with Gasteiger partial charge in [0, 0.05) is 17.6 Å². The summed E-state index contributed by atoms with van der Waals surface area (Å²) in [5, 5.41) is 9.29. The van der Waals surface area contributed by atoms with E-state index in [1.54, 1.807) is 17.5 Å². The third-order valence-electron chi connectivity index (χ3n) is 6.26. The first-order chi connectivity index (χ1) is 14.2. The molecule has 1 atom stereocenters. The van der Waals surface area contributed by atoms with Crippen LogP contribution in [0.25, 0.3) is 0 Å². The van der Waals surface area contributed by atoms with E-state index in [1.807, 2.05) is 28.5 Å². The number of carbonyl (C=O) groups is 1. The lowest BCUT2D eigenvalue weighted by Gasteiger charge is -2.47. The Morgan fingerprint density at radius 2 is 2.17 bits per heavy atom. The number of aliphatic imine (C=N–C) groups is 1. The largest absolute Gasteiger partial charge is 0.368 e. The molecule has 152 valence electrons. The Morgan fingerprint density at radius 3 is 3.00 bits per heavy atom. The zero-order chi connectivity index (χ0) is 19.7. The van der Waals surface area contributed by atoms with Crippen molar-refractivity contribution in [3.8, 4) is 0 Å². The molecule has 2 N–H and O–H groups in total. The zero-order valence-electron chi connectivity index (χ0n) is 16.6. The molecular formula is C22H27N5OS. The maximum Gasteiger partial charge on any atom is 0.227 e. The quantitative estimate of drug-likeness (QED) is 0.806. The summed E-state index contributed by atoms with van der Waals surface area (Å²) >= 11 is 1.65. The van der Waals surface area contributed by atoms with Gasteiger partial charge in [-0.25, -0.2) is 4.98 Å². The fourth-order valence-corrected chi connectivity index (χ4v) is 5.46. The van der Waals surface area contributed by atoms with Crippen molar-refractivity contribution in [2.75, 3.05) is 23.7 Å². The van der Waals surface area contributed by atoms with E-state index in [1.165, 1.54) is 12.8 Å². The molecule has 1 aliphatic carbocycles. The number of rotatable bonds is 3. The fraction of sp³-hybridized carbons (Fsp3) is 0.500. The highest BCUT2D eigenvalue weighted by Gasteiger charge is 2.45. The first-order valence-corrected chi connectivity index (χ1v) is 11.5. The summed E-state index contributed by atoms with van der Waals surface area (Å²) in [7, 11) is 0. The van der Waals surface area contributed by atoms with Gasteiger partial charge in [-0.3, -0.25) is 9.79 Å². The van der Waals surface area contributed by atoms with Gasteiger partial charge >= 0.3 is 0 Å². The Hall–Kier alpha value is -2.41. The number of nitrogens with zero attached hydrogens (tertiary/aromatic N) is 3. The van der Waals surface area contributed by atoms with Crippen LogP contribution in [0.2, 0.25) is 0 Å². The minimum absolute atomic E-state index is 0.200. The van der Waals surface area contributed by atoms with Gasteiger partial charge in [0.25, 0.3) is 0 Å². The van der Waals surface area contributed by atoms with Crippen molar-refractivity contribution in [1.29, 1.82) is 0 Å². The SMILES string of the molecule is O=C(Cc1cccs1)N1CCCC2(C1)Nc1cccnc1NC2=NC1CCCC1. The van der Waals surface area contributed by atoms with E-state index >= 15 is 0 Å². The molecule has 2 fully saturated rings. The van der Waals surface area contributed by atoms with Crippen LogP contribution in [0.4, 0.5) is 11.5 Å². The number of nitrogens with one attached hydrogen (secondary N) is 2. The fourth-order valence-electron chi connectivity index (χ4n) is 4.76. The molecule has 1 saturated carbocycles. The van der Waals surface area contributed by atoms with Crippen LogP contribution in [-0.4, -0.2) is 46.3 Å². The van der Waals surface area contributed by atoms with Crippen molar-refractivity contribution < 1.29 is 4.79 Å². The lowest BCUT2D eigenvalue weighted by Crippen LogP contribution is -2.63. The van der Waals surface area contributed by atoms with Gasteiger partial charge in [-0.15, -0.1) is 11.3 Å². The maximum atomic E-state index is 13.0. The standard InChI is InChI=1S/C22H27N5OS/c28-19(14-17-8-4-13-29-17)27-12-5-10-22(15-27)21(24-16-6-1-2-7-16)25-20-18(26-22)9-3-11-23-20/h3-4,8-9,11,13,16,26H,1-2,5-7,10,12,14-15H2,(H,23,24,25). The van der Waals surface area contributed by atoms with Gasteiger partial charge in [-0.05, 0) is 49.3 Å². The number of pyridine rings is 1. The smallest absolute Gasteiger partial charge is 0.227 e. The van der Waals surface area contributed by atoms with E-state index in [0.717, 1.165) is 54.4 Å². The number of amidine groups is 1. The molecule has 1 amide bonds. The Balaban J connectivity index is 1.43. The molecule has 7 heteroatoms. The van der Waals surface area contributed by atoms with Crippen molar-refractivity contribution in [3.05, 3.63) is 40.7 Å². The second-order valence-corrected chi connectivity index (χ2v) is 9.35. The maximum absolute atomic E-state index is 13.0. The molecule has 1 spiro atoms. The number of piperidine rings is 1. The summed E-state index contributed by atoms with van der Waals surface area (Å²) in [5.74, 6) is 1.99. The third kappa shape index (κ3) is 3.75. The first kappa shape index (κ1) is 18.6. The van der Waals surface area contributed by atoms with Gasteiger partial charge in [0.05, 0.1) is 24.7 Å². The molecule has 6 nitrogen and oxygen atoms in total. The lowest BCUT2D eigenvalue weighted by molar-refractivity contribution is -0.131. The molecule has 29 heavy (non-hydrogen) atoms. The summed E-state index contributed by atoms with van der Waals surface area (Å²) in [4.78, 5) is 25.8. The number of anilines is 2. The van der Waals surface area contributed by atoms with Crippen LogP contribution in [-0.2, 0) is 11.2 Å². The average Bonchev–Trinajstić information content (AvgIpc) is 3.43. The highest BCUT2D eigenvalue weighted by Crippen LogP contribution is 2.36. The van der Waals surface area contributed by atoms with Crippen LogP contribution in [0.3, 0.4) is 0 Å². The third-order valence-corrected chi connectivity index (χ3v) is 7.14. The molecule has 5 rings (SSSR count). The van der Waals surface area contributed by atoms with Crippen molar-refractivity contribution >= 4 is 34.6 Å². The Labute approximate surface area is 175 Å². The molecule has 3 aliphatic rings. The monoisotopic (exact) mass is 409 g/mol. The Morgan fingerprint density at radius 1 is 1.28 bits per heavy atom. The molecule has 1 saturated heterocycles. The number of thiophene rings is 1. The number of carbonyl (C=O) groups excluding carboxylic acids is 1. The summed E-state index contributed by atoms with van der Waals surface area (Å²) in [5.41, 5.74) is 0.632. The van der Waals surface area contributed by atoms with E-state index in [2.05, 4.69) is 21.7 Å². The molecule has 0 bridgehead atoms. The average molecular weight is 410 g/mol. The van der Waals surface area contributed by atoms with Gasteiger partial charge in [-0.1, -0.05) is 18.9 Å². The summed E-state index contributed by atoms with van der Waals surface area (Å²) in [6, 6.07) is 8.42. The second kappa shape index (κ2) is 7.78. The molecule has 2 aromatic heterocycles. The normalized spacial score (nSPS) is 25.7. The van der Waals surface area contributed by atoms with Crippen LogP contribution in [0, 0.1) is 0 Å². The molecule has 0 radical (unpaired) electrons. The minimum atomic E-state index is -0.359. The second-order valence-electron chi connectivity index (χ2n) is 8.32. The Bertz CT molecular complexity index is 906. The molecule has 0 aromatic carbocycles. The summed E-state index contributed by atoms with van der Waals surface area (Å²) in [6.45, 7) is 1.45. The van der Waals surface area contributed by atoms with Crippen LogP contribution >= 0.6 is 11.3 Å². The van der Waals surface area contributed by atoms with Crippen molar-refractivity contribution in [3.63, 3.8) is 0 Å². The van der Waals surface area contributed by atoms with Gasteiger partial charge in [0.2, 0.25) is 5.91 Å². The van der Waals surface area contributed by atoms with Gasteiger partial charge in [-0.2, -0.15) is 0 Å². The van der Waals surface area contributed by atoms with E-state index in [0.29, 0.717) is 19.0 Å². The topological polar surface area (TPSA) is 69.6 Å². The predicted molar refractivity (Wildman–Crippen MR) is 118 cm³/mol. The van der Waals surface area contributed by atoms with E-state index in [4.69, 9.17) is 4.99 Å². The number of hydrogen-bond acceptors (Lipinski definition) is 5. The van der Waals surface area contributed by atoms with Crippen LogP contribution in [0.5, 0.6) is 0 Å². The number of aromatic nitrogens is 1. The van der Waals surface area contributed by atoms with Gasteiger partial charge < -0.3 is 15.5 Å². The zero-order valence-corrected chi connectivity index (χ0v) is 17.4. The highest BCUT2D eigenvalue weighted by atomic mass is 32.1. The minimum Gasteiger partial charge on any atom is -0.368 e. The molecule has 4 heterocycles. The van der Waals surface area contributed by atoms with Crippen LogP contribution in [0.15, 0.2) is 40.8 Å². The van der Waals surface area contributed by atoms with Crippen molar-refractivity contribution in [2.24, 2.45) is 4.99 Å². The number of fused-ring (bicyclic) bond motifs is 1. The highest BCUT2D eigenvalue weighted by molar-refractivity contribution is 7.10. The van der Waals surface area contributed by atoms with Gasteiger partial charge in [0.15, 0.2) is 5.82 Å². The van der Waals surface area contributed by atoms with Crippen molar-refractivity contribution in [2.45, 2.75) is 56.5 Å². The summed E-state index contributed by atoms with van der Waals surface area (Å²) in [6.07, 6.45) is 9.01. The van der Waals surface area contributed by atoms with Crippen LogP contribution in [0.1, 0.15) is 43.4 Å². The molecular weight excluding hydrogens is 382 g/mol. The van der Waals surface area contributed by atoms with E-state index < -0.39 is 0 Å². The lowest BCUT2D eigenvalue weighted by atomic mass is 9.85.